The van der Waals surface area contributed by atoms with Gasteiger partial charge in [0, 0.05) is 12.1 Å². The number of hydrogen-bond acceptors (Lipinski definition) is 5. The molecule has 9 heteroatoms. The second kappa shape index (κ2) is 5.87. The fraction of sp³-hybridized carbons (Fsp3) is 0.182. The van der Waals surface area contributed by atoms with E-state index in [0.29, 0.717) is 0 Å². The quantitative estimate of drug-likeness (QED) is 0.942. The molecule has 1 heterocycles. The van der Waals surface area contributed by atoms with Crippen LogP contribution in [-0.2, 0) is 6.54 Å². The van der Waals surface area contributed by atoms with E-state index < -0.39 is 12.3 Å². The molecule has 0 aliphatic heterocycles. The van der Waals surface area contributed by atoms with Gasteiger partial charge in [-0.25, -0.2) is 0 Å². The number of ether oxygens (including phenoxy) is 1. The van der Waals surface area contributed by atoms with Gasteiger partial charge in [0.05, 0.1) is 6.20 Å². The Labute approximate surface area is 115 Å². The maximum Gasteiger partial charge on any atom is 0.573 e. The second-order valence-corrected chi connectivity index (χ2v) is 4.41. The highest BCUT2D eigenvalue weighted by atomic mass is 32.1. The minimum atomic E-state index is -4.78. The van der Waals surface area contributed by atoms with Crippen LogP contribution in [0.4, 0.5) is 13.2 Å². The molecule has 5 nitrogen and oxygen atoms in total. The van der Waals surface area contributed by atoms with E-state index in [-0.39, 0.29) is 22.7 Å². The number of carbonyl (C=O) groups is 1. The Morgan fingerprint density at radius 2 is 2.10 bits per heavy atom. The average Bonchev–Trinajstić information content (AvgIpc) is 2.89. The van der Waals surface area contributed by atoms with Gasteiger partial charge in [0.2, 0.25) is 0 Å². The largest absolute Gasteiger partial charge is 0.573 e. The number of benzene rings is 1. The Morgan fingerprint density at radius 3 is 2.75 bits per heavy atom. The van der Waals surface area contributed by atoms with E-state index in [9.17, 15) is 18.0 Å². The van der Waals surface area contributed by atoms with Crippen molar-refractivity contribution in [2.24, 2.45) is 0 Å². The van der Waals surface area contributed by atoms with Gasteiger partial charge in [-0.1, -0.05) is 22.7 Å². The summed E-state index contributed by atoms with van der Waals surface area (Å²) in [5, 5.41) is 5.97. The van der Waals surface area contributed by atoms with E-state index in [1.807, 2.05) is 0 Å². The lowest BCUT2D eigenvalue weighted by Gasteiger charge is -2.13. The summed E-state index contributed by atoms with van der Waals surface area (Å²) < 4.78 is 44.1. The molecule has 0 aliphatic carbocycles. The topological polar surface area (TPSA) is 64.1 Å². The molecule has 1 aromatic heterocycles. The van der Waals surface area contributed by atoms with Gasteiger partial charge in [-0.3, -0.25) is 4.79 Å². The SMILES string of the molecule is O=C(NCc1ccccc1OC(F)(F)F)c1cnns1. The first-order valence-corrected chi connectivity index (χ1v) is 6.12. The Kier molecular flexibility index (Phi) is 4.18. The highest BCUT2D eigenvalue weighted by Crippen LogP contribution is 2.26. The molecule has 0 saturated carbocycles. The summed E-state index contributed by atoms with van der Waals surface area (Å²) in [5.74, 6) is -0.801. The van der Waals surface area contributed by atoms with Gasteiger partial charge in [-0.2, -0.15) is 0 Å². The van der Waals surface area contributed by atoms with Gasteiger partial charge in [0.15, 0.2) is 0 Å². The number of rotatable bonds is 4. The van der Waals surface area contributed by atoms with Crippen molar-refractivity contribution in [3.05, 3.63) is 40.9 Å². The number of nitrogens with one attached hydrogen (secondary N) is 1. The zero-order chi connectivity index (χ0) is 14.6. The Bertz CT molecular complexity index is 587. The smallest absolute Gasteiger partial charge is 0.405 e. The molecule has 0 unspecified atom stereocenters. The first kappa shape index (κ1) is 14.3. The van der Waals surface area contributed by atoms with Crippen LogP contribution in [0.2, 0.25) is 0 Å². The number of amides is 1. The number of carbonyl (C=O) groups excluding carboxylic acids is 1. The zero-order valence-corrected chi connectivity index (χ0v) is 10.7. The molecule has 20 heavy (non-hydrogen) atoms. The summed E-state index contributed by atoms with van der Waals surface area (Å²) in [6.07, 6.45) is -3.50. The molecule has 1 amide bonds. The molecule has 2 aromatic rings. The summed E-state index contributed by atoms with van der Waals surface area (Å²) in [5.41, 5.74) is 0.218. The maximum absolute atomic E-state index is 12.2. The summed E-state index contributed by atoms with van der Waals surface area (Å²) in [6, 6.07) is 5.59. The minimum absolute atomic E-state index is 0.0943. The van der Waals surface area contributed by atoms with Crippen LogP contribution in [0.25, 0.3) is 0 Å². The molecular weight excluding hydrogens is 295 g/mol. The number of para-hydroxylation sites is 1. The highest BCUT2D eigenvalue weighted by Gasteiger charge is 2.31. The maximum atomic E-state index is 12.2. The van der Waals surface area contributed by atoms with Crippen LogP contribution >= 0.6 is 11.5 Å². The van der Waals surface area contributed by atoms with Crippen molar-refractivity contribution in [2.75, 3.05) is 0 Å². The van der Waals surface area contributed by atoms with Crippen LogP contribution in [0.15, 0.2) is 30.5 Å². The van der Waals surface area contributed by atoms with Crippen LogP contribution in [0, 0.1) is 0 Å². The summed E-state index contributed by atoms with van der Waals surface area (Å²) in [6.45, 7) is -0.0943. The number of hydrogen-bond donors (Lipinski definition) is 1. The van der Waals surface area contributed by atoms with Crippen molar-refractivity contribution in [1.82, 2.24) is 14.9 Å². The molecule has 0 fully saturated rings. The summed E-state index contributed by atoms with van der Waals surface area (Å²) >= 11 is 0.896. The van der Waals surface area contributed by atoms with E-state index in [2.05, 4.69) is 19.6 Å². The highest BCUT2D eigenvalue weighted by molar-refractivity contribution is 7.07. The molecule has 0 atom stereocenters. The molecule has 0 bridgehead atoms. The first-order chi connectivity index (χ1) is 9.46. The van der Waals surface area contributed by atoms with E-state index in [1.54, 1.807) is 6.07 Å². The molecule has 106 valence electrons. The third-order valence-corrected chi connectivity index (χ3v) is 2.89. The van der Waals surface area contributed by atoms with Crippen LogP contribution < -0.4 is 10.1 Å². The van der Waals surface area contributed by atoms with Gasteiger partial charge >= 0.3 is 6.36 Å². The molecule has 0 aliphatic rings. The molecule has 2 rings (SSSR count). The van der Waals surface area contributed by atoms with Crippen molar-refractivity contribution < 1.29 is 22.7 Å². The fourth-order valence-corrected chi connectivity index (χ4v) is 1.84. The molecule has 1 N–H and O–H groups in total. The van der Waals surface area contributed by atoms with Gasteiger partial charge in [-0.15, -0.1) is 18.3 Å². The van der Waals surface area contributed by atoms with E-state index in [0.717, 1.165) is 11.5 Å². The average molecular weight is 303 g/mol. The van der Waals surface area contributed by atoms with Crippen LogP contribution in [0.5, 0.6) is 5.75 Å². The number of halogens is 3. The Balaban J connectivity index is 2.04. The zero-order valence-electron chi connectivity index (χ0n) is 9.85. The van der Waals surface area contributed by atoms with Crippen molar-refractivity contribution in [3.63, 3.8) is 0 Å². The minimum Gasteiger partial charge on any atom is -0.405 e. The van der Waals surface area contributed by atoms with Gasteiger partial charge in [-0.05, 0) is 17.6 Å². The first-order valence-electron chi connectivity index (χ1n) is 5.35. The van der Waals surface area contributed by atoms with Gasteiger partial charge < -0.3 is 10.1 Å². The van der Waals surface area contributed by atoms with Crippen molar-refractivity contribution >= 4 is 17.4 Å². The molecular formula is C11H8F3N3O2S. The van der Waals surface area contributed by atoms with E-state index in [1.165, 1.54) is 24.4 Å². The lowest BCUT2D eigenvalue weighted by molar-refractivity contribution is -0.274. The Morgan fingerprint density at radius 1 is 1.35 bits per heavy atom. The summed E-state index contributed by atoms with van der Waals surface area (Å²) in [4.78, 5) is 11.9. The predicted molar refractivity (Wildman–Crippen MR) is 64.2 cm³/mol. The van der Waals surface area contributed by atoms with Crippen molar-refractivity contribution in [3.8, 4) is 5.75 Å². The third kappa shape index (κ3) is 3.92. The van der Waals surface area contributed by atoms with E-state index >= 15 is 0 Å². The van der Waals surface area contributed by atoms with Crippen LogP contribution in [0.1, 0.15) is 15.2 Å². The fourth-order valence-electron chi connectivity index (χ4n) is 1.40. The molecule has 0 spiro atoms. The van der Waals surface area contributed by atoms with Crippen molar-refractivity contribution in [1.29, 1.82) is 0 Å². The normalized spacial score (nSPS) is 11.2. The third-order valence-electron chi connectivity index (χ3n) is 2.22. The molecule has 0 radical (unpaired) electrons. The Hall–Kier alpha value is -2.16. The number of aromatic nitrogens is 2. The molecule has 0 saturated heterocycles. The number of alkyl halides is 3. The monoisotopic (exact) mass is 303 g/mol. The lowest BCUT2D eigenvalue weighted by Crippen LogP contribution is -2.23. The standard InChI is InChI=1S/C11H8F3N3O2S/c12-11(13,14)19-8-4-2-1-3-7(8)5-15-10(18)9-6-16-17-20-9/h1-4,6H,5H2,(H,15,18). The summed E-state index contributed by atoms with van der Waals surface area (Å²) in [7, 11) is 0. The van der Waals surface area contributed by atoms with Crippen molar-refractivity contribution in [2.45, 2.75) is 12.9 Å². The lowest BCUT2D eigenvalue weighted by atomic mass is 10.2. The van der Waals surface area contributed by atoms with Crippen LogP contribution in [-0.4, -0.2) is 21.9 Å². The van der Waals surface area contributed by atoms with Gasteiger partial charge in [0.1, 0.15) is 10.6 Å². The number of nitrogens with zero attached hydrogens (tertiary/aromatic N) is 2. The van der Waals surface area contributed by atoms with Gasteiger partial charge in [0.25, 0.3) is 5.91 Å². The van der Waals surface area contributed by atoms with Crippen LogP contribution in [0.3, 0.4) is 0 Å². The molecule has 1 aromatic carbocycles. The predicted octanol–water partition coefficient (Wildman–Crippen LogP) is 2.37. The second-order valence-electron chi connectivity index (χ2n) is 3.62. The van der Waals surface area contributed by atoms with E-state index in [4.69, 9.17) is 0 Å².